The van der Waals surface area contributed by atoms with Crippen LogP contribution in [0.3, 0.4) is 0 Å². The van der Waals surface area contributed by atoms with Gasteiger partial charge in [-0.3, -0.25) is 10.2 Å². The van der Waals surface area contributed by atoms with Gasteiger partial charge in [0.15, 0.2) is 0 Å². The van der Waals surface area contributed by atoms with Crippen molar-refractivity contribution in [2.75, 3.05) is 13.2 Å². The molecule has 2 unspecified atom stereocenters. The largest absolute Gasteiger partial charge is 0.289 e. The van der Waals surface area contributed by atoms with Gasteiger partial charge >= 0.3 is 0 Å². The molecule has 0 aromatic carbocycles. The van der Waals surface area contributed by atoms with Crippen molar-refractivity contribution >= 4 is 11.6 Å². The first-order valence-electron chi connectivity index (χ1n) is 6.13. The Kier molecular flexibility index (Phi) is 6.32. The van der Waals surface area contributed by atoms with Gasteiger partial charge in [0, 0.05) is 5.03 Å². The number of halogens is 2. The number of allylic oxidation sites excluding steroid dienone is 1. The first kappa shape index (κ1) is 13.9. The van der Waals surface area contributed by atoms with Crippen molar-refractivity contribution in [2.24, 2.45) is 5.92 Å². The van der Waals surface area contributed by atoms with E-state index in [2.05, 4.69) is 24.1 Å². The molecule has 1 N–H and O–H groups in total. The second-order valence-corrected chi connectivity index (χ2v) is 4.88. The minimum Gasteiger partial charge on any atom is -0.289 e. The number of nitrogens with zero attached hydrogens (tertiary/aromatic N) is 1. The summed E-state index contributed by atoms with van der Waals surface area (Å²) in [4.78, 5) is 2.40. The Hall–Kier alpha value is -0.120. The number of hydrogen-bond acceptors (Lipinski definition) is 2. The van der Waals surface area contributed by atoms with E-state index in [9.17, 15) is 4.39 Å². The topological polar surface area (TPSA) is 15.3 Å². The Morgan fingerprint density at radius 2 is 2.38 bits per heavy atom. The molecular weight excluding hydrogens is 227 g/mol. The van der Waals surface area contributed by atoms with Crippen LogP contribution in [0.1, 0.15) is 39.5 Å². The summed E-state index contributed by atoms with van der Waals surface area (Å²) < 4.78 is 12.2. The highest BCUT2D eigenvalue weighted by Gasteiger charge is 2.25. The first-order valence-corrected chi connectivity index (χ1v) is 6.51. The minimum atomic E-state index is 0.348. The zero-order valence-electron chi connectivity index (χ0n) is 10.2. The molecule has 0 aromatic rings. The lowest BCUT2D eigenvalue weighted by Crippen LogP contribution is -2.61. The summed E-state index contributed by atoms with van der Waals surface area (Å²) in [7, 11) is 0. The molecule has 1 rings (SSSR count). The first-order chi connectivity index (χ1) is 7.71. The quantitative estimate of drug-likeness (QED) is 0.743. The third-order valence-corrected chi connectivity index (χ3v) is 3.64. The minimum absolute atomic E-state index is 0.348. The van der Waals surface area contributed by atoms with Crippen molar-refractivity contribution in [3.63, 3.8) is 0 Å². The normalized spacial score (nSPS) is 24.2. The monoisotopic (exact) mass is 248 g/mol. The maximum absolute atomic E-state index is 12.2. The Labute approximate surface area is 103 Å². The van der Waals surface area contributed by atoms with Crippen molar-refractivity contribution in [3.05, 3.63) is 11.4 Å². The smallest absolute Gasteiger partial charge is 0.101 e. The van der Waals surface area contributed by atoms with E-state index < -0.39 is 0 Å². The van der Waals surface area contributed by atoms with E-state index in [4.69, 9.17) is 11.6 Å². The van der Waals surface area contributed by atoms with Gasteiger partial charge in [0.25, 0.3) is 0 Å². The van der Waals surface area contributed by atoms with E-state index in [-0.39, 0.29) is 0 Å². The average molecular weight is 249 g/mol. The standard InChI is InChI=1S/C12H22ClFN2/c1-3-10(7-11(13)8-14)5-6-12-15-9-16(12)4-2/h8,10,12,15H,3-7,9H2,1-2H3/b11-8-. The van der Waals surface area contributed by atoms with Crippen molar-refractivity contribution in [1.29, 1.82) is 0 Å². The Balaban J connectivity index is 2.23. The Bertz CT molecular complexity index is 231. The molecule has 0 radical (unpaired) electrons. The third-order valence-electron chi connectivity index (χ3n) is 3.40. The molecule has 0 aliphatic carbocycles. The van der Waals surface area contributed by atoms with Gasteiger partial charge in [-0.1, -0.05) is 31.9 Å². The van der Waals surface area contributed by atoms with Gasteiger partial charge in [0.05, 0.1) is 12.8 Å². The van der Waals surface area contributed by atoms with E-state index in [1.54, 1.807) is 0 Å². The van der Waals surface area contributed by atoms with Crippen LogP contribution in [-0.4, -0.2) is 24.3 Å². The van der Waals surface area contributed by atoms with Crippen molar-refractivity contribution in [2.45, 2.75) is 45.7 Å². The van der Waals surface area contributed by atoms with Crippen LogP contribution >= 0.6 is 11.6 Å². The fourth-order valence-corrected chi connectivity index (χ4v) is 2.35. The van der Waals surface area contributed by atoms with Gasteiger partial charge in [-0.15, -0.1) is 0 Å². The number of hydrogen-bond donors (Lipinski definition) is 1. The van der Waals surface area contributed by atoms with Crippen LogP contribution in [0, 0.1) is 5.92 Å². The molecule has 0 amide bonds. The predicted molar refractivity (Wildman–Crippen MR) is 66.8 cm³/mol. The highest BCUT2D eigenvalue weighted by molar-refractivity contribution is 6.29. The summed E-state index contributed by atoms with van der Waals surface area (Å²) in [6.07, 6.45) is 5.00. The molecule has 4 heteroatoms. The Morgan fingerprint density at radius 1 is 1.62 bits per heavy atom. The zero-order valence-corrected chi connectivity index (χ0v) is 10.9. The summed E-state index contributed by atoms with van der Waals surface area (Å²) in [6.45, 7) is 6.41. The van der Waals surface area contributed by atoms with Gasteiger partial charge in [-0.25, -0.2) is 4.39 Å². The maximum Gasteiger partial charge on any atom is 0.101 e. The van der Waals surface area contributed by atoms with Gasteiger partial charge in [-0.05, 0) is 31.7 Å². The average Bonchev–Trinajstić information content (AvgIpc) is 2.26. The fourth-order valence-electron chi connectivity index (χ4n) is 2.13. The molecule has 0 saturated carbocycles. The van der Waals surface area contributed by atoms with Crippen molar-refractivity contribution < 1.29 is 4.39 Å². The zero-order chi connectivity index (χ0) is 12.0. The summed E-state index contributed by atoms with van der Waals surface area (Å²) in [6, 6.07) is 0. The van der Waals surface area contributed by atoms with Gasteiger partial charge in [0.2, 0.25) is 0 Å². The summed E-state index contributed by atoms with van der Waals surface area (Å²) in [5.74, 6) is 0.501. The molecule has 1 aliphatic rings. The van der Waals surface area contributed by atoms with E-state index in [1.165, 1.54) is 0 Å². The molecular formula is C12H22ClFN2. The lowest BCUT2D eigenvalue weighted by atomic mass is 9.95. The second kappa shape index (κ2) is 7.25. The highest BCUT2D eigenvalue weighted by Crippen LogP contribution is 2.25. The molecule has 1 aliphatic heterocycles. The van der Waals surface area contributed by atoms with Gasteiger partial charge in [-0.2, -0.15) is 0 Å². The van der Waals surface area contributed by atoms with E-state index in [1.807, 2.05) is 0 Å². The number of rotatable bonds is 7. The van der Waals surface area contributed by atoms with Crippen LogP contribution in [0.5, 0.6) is 0 Å². The lowest BCUT2D eigenvalue weighted by molar-refractivity contribution is 0.0431. The molecule has 1 saturated heterocycles. The SMILES string of the molecule is CCC(CCC1NCN1CC)C/C(Cl)=C/F. The fraction of sp³-hybridized carbons (Fsp3) is 0.833. The summed E-state index contributed by atoms with van der Waals surface area (Å²) >= 11 is 5.72. The molecule has 2 nitrogen and oxygen atoms in total. The number of nitrogens with one attached hydrogen (secondary N) is 1. The molecule has 0 aromatic heterocycles. The van der Waals surface area contributed by atoms with Crippen LogP contribution in [0.4, 0.5) is 4.39 Å². The lowest BCUT2D eigenvalue weighted by Gasteiger charge is -2.42. The van der Waals surface area contributed by atoms with E-state index in [0.717, 1.165) is 32.5 Å². The maximum atomic E-state index is 12.2. The van der Waals surface area contributed by atoms with Crippen molar-refractivity contribution in [1.82, 2.24) is 10.2 Å². The van der Waals surface area contributed by atoms with Crippen LogP contribution in [0.15, 0.2) is 11.4 Å². The molecule has 0 bridgehead atoms. The van der Waals surface area contributed by atoms with Gasteiger partial charge in [0.1, 0.15) is 6.33 Å². The Morgan fingerprint density at radius 3 is 2.81 bits per heavy atom. The summed E-state index contributed by atoms with van der Waals surface area (Å²) in [5.41, 5.74) is 0. The van der Waals surface area contributed by atoms with Crippen LogP contribution in [-0.2, 0) is 0 Å². The van der Waals surface area contributed by atoms with Crippen molar-refractivity contribution in [3.8, 4) is 0 Å². The summed E-state index contributed by atoms with van der Waals surface area (Å²) in [5, 5.41) is 3.75. The molecule has 2 atom stereocenters. The van der Waals surface area contributed by atoms with E-state index >= 15 is 0 Å². The van der Waals surface area contributed by atoms with Crippen LogP contribution < -0.4 is 5.32 Å². The molecule has 1 heterocycles. The third kappa shape index (κ3) is 4.04. The van der Waals surface area contributed by atoms with Gasteiger partial charge < -0.3 is 0 Å². The molecule has 0 spiro atoms. The highest BCUT2D eigenvalue weighted by atomic mass is 35.5. The van der Waals surface area contributed by atoms with E-state index in [0.29, 0.717) is 29.9 Å². The molecule has 16 heavy (non-hydrogen) atoms. The molecule has 94 valence electrons. The predicted octanol–water partition coefficient (Wildman–Crippen LogP) is 3.44. The second-order valence-electron chi connectivity index (χ2n) is 4.39. The molecule has 1 fully saturated rings. The van der Waals surface area contributed by atoms with Crippen LogP contribution in [0.25, 0.3) is 0 Å². The van der Waals surface area contributed by atoms with Crippen LogP contribution in [0.2, 0.25) is 0 Å².